The first-order valence-corrected chi connectivity index (χ1v) is 5.05. The van der Waals surface area contributed by atoms with E-state index in [1.807, 2.05) is 0 Å². The van der Waals surface area contributed by atoms with Crippen molar-refractivity contribution in [2.75, 3.05) is 7.11 Å². The molecule has 0 radical (unpaired) electrons. The summed E-state index contributed by atoms with van der Waals surface area (Å²) in [6.07, 6.45) is 0. The number of rotatable bonds is 1. The van der Waals surface area contributed by atoms with Crippen molar-refractivity contribution in [2.45, 2.75) is 0 Å². The largest absolute Gasteiger partial charge is 0.464 e. The molecule has 0 aliphatic rings. The van der Waals surface area contributed by atoms with E-state index in [1.165, 1.54) is 18.4 Å². The summed E-state index contributed by atoms with van der Waals surface area (Å²) in [7, 11) is 1.35. The highest BCUT2D eigenvalue weighted by Gasteiger charge is 2.11. The number of methoxy groups -OCH3 is 1. The van der Waals surface area contributed by atoms with Crippen LogP contribution in [0.25, 0.3) is 10.3 Å². The Morgan fingerprint density at radius 1 is 1.77 bits per heavy atom. The molecule has 0 aliphatic heterocycles. The van der Waals surface area contributed by atoms with Crippen LogP contribution in [0.5, 0.6) is 0 Å². The van der Waals surface area contributed by atoms with Gasteiger partial charge in [0.2, 0.25) is 0 Å². The van der Waals surface area contributed by atoms with Gasteiger partial charge in [0.25, 0.3) is 0 Å². The highest BCUT2D eigenvalue weighted by atomic mass is 79.9. The fourth-order valence-corrected chi connectivity index (χ4v) is 2.40. The Kier molecular flexibility index (Phi) is 2.09. The van der Waals surface area contributed by atoms with Gasteiger partial charge in [0.05, 0.1) is 11.8 Å². The van der Waals surface area contributed by atoms with Crippen molar-refractivity contribution in [2.24, 2.45) is 0 Å². The molecule has 4 nitrogen and oxygen atoms in total. The summed E-state index contributed by atoms with van der Waals surface area (Å²) in [6.45, 7) is 0. The highest BCUT2D eigenvalue weighted by molar-refractivity contribution is 9.11. The number of esters is 1. The molecule has 0 aromatic carbocycles. The maximum atomic E-state index is 11.1. The molecule has 6 heteroatoms. The molecule has 0 bridgehead atoms. The average Bonchev–Trinajstić information content (AvgIpc) is 2.59. The normalized spacial score (nSPS) is 10.6. The van der Waals surface area contributed by atoms with Gasteiger partial charge in [0.1, 0.15) is 11.3 Å². The maximum absolute atomic E-state index is 11.1. The molecule has 2 heterocycles. The van der Waals surface area contributed by atoms with Crippen LogP contribution in [0.3, 0.4) is 0 Å². The zero-order chi connectivity index (χ0) is 9.42. The molecule has 13 heavy (non-hydrogen) atoms. The third-order valence-corrected chi connectivity index (χ3v) is 3.01. The van der Waals surface area contributed by atoms with Crippen molar-refractivity contribution in [3.8, 4) is 0 Å². The second kappa shape index (κ2) is 3.12. The SMILES string of the molecule is COC(=O)c1cc2sc(Br)nc2[nH]1. The number of nitrogens with one attached hydrogen (secondary N) is 1. The fourth-order valence-electron chi connectivity index (χ4n) is 1.01. The van der Waals surface area contributed by atoms with Crippen molar-refractivity contribution in [1.82, 2.24) is 9.97 Å². The molecule has 0 saturated heterocycles. The number of ether oxygens (including phenoxy) is 1. The first-order valence-electron chi connectivity index (χ1n) is 3.44. The summed E-state index contributed by atoms with van der Waals surface area (Å²) in [5.74, 6) is -0.374. The number of nitrogens with zero attached hydrogens (tertiary/aromatic N) is 1. The lowest BCUT2D eigenvalue weighted by molar-refractivity contribution is 0.0595. The fraction of sp³-hybridized carbons (Fsp3) is 0.143. The lowest BCUT2D eigenvalue weighted by atomic mass is 10.4. The van der Waals surface area contributed by atoms with Gasteiger partial charge in [-0.3, -0.25) is 0 Å². The Morgan fingerprint density at radius 2 is 2.54 bits per heavy atom. The van der Waals surface area contributed by atoms with Crippen molar-refractivity contribution < 1.29 is 9.53 Å². The third-order valence-electron chi connectivity index (χ3n) is 1.56. The molecule has 0 saturated carbocycles. The lowest BCUT2D eigenvalue weighted by Gasteiger charge is -1.91. The van der Waals surface area contributed by atoms with E-state index in [2.05, 4.69) is 30.6 Å². The first-order chi connectivity index (χ1) is 6.20. The van der Waals surface area contributed by atoms with E-state index < -0.39 is 0 Å². The van der Waals surface area contributed by atoms with E-state index in [1.54, 1.807) is 6.07 Å². The van der Waals surface area contributed by atoms with Crippen LogP contribution in [0, 0.1) is 0 Å². The Labute approximate surface area is 86.1 Å². The Balaban J connectivity index is 2.51. The zero-order valence-corrected chi connectivity index (χ0v) is 9.03. The van der Waals surface area contributed by atoms with Gasteiger partial charge >= 0.3 is 5.97 Å². The van der Waals surface area contributed by atoms with Crippen LogP contribution in [0.4, 0.5) is 0 Å². The van der Waals surface area contributed by atoms with E-state index in [9.17, 15) is 4.79 Å². The molecule has 1 N–H and O–H groups in total. The molecule has 2 rings (SSSR count). The smallest absolute Gasteiger partial charge is 0.354 e. The van der Waals surface area contributed by atoms with E-state index >= 15 is 0 Å². The molecule has 2 aromatic rings. The summed E-state index contributed by atoms with van der Waals surface area (Å²) in [5, 5.41) is 0. The quantitative estimate of drug-likeness (QED) is 0.800. The number of hydrogen-bond donors (Lipinski definition) is 1. The Morgan fingerprint density at radius 3 is 3.15 bits per heavy atom. The summed E-state index contributed by atoms with van der Waals surface area (Å²) in [4.78, 5) is 18.1. The highest BCUT2D eigenvalue weighted by Crippen LogP contribution is 2.26. The van der Waals surface area contributed by atoms with Crippen molar-refractivity contribution in [3.63, 3.8) is 0 Å². The number of hydrogen-bond acceptors (Lipinski definition) is 4. The standard InChI is InChI=1S/C7H5BrN2O2S/c1-12-6(11)3-2-4-5(9-3)10-7(8)13-4/h2,9H,1H3. The topological polar surface area (TPSA) is 55.0 Å². The molecule has 68 valence electrons. The molecule has 0 fully saturated rings. The minimum absolute atomic E-state index is 0.374. The number of aromatic amines is 1. The van der Waals surface area contributed by atoms with E-state index in [0.717, 1.165) is 8.62 Å². The van der Waals surface area contributed by atoms with Crippen molar-refractivity contribution in [3.05, 3.63) is 15.7 Å². The zero-order valence-electron chi connectivity index (χ0n) is 6.63. The second-order valence-corrected chi connectivity index (χ2v) is 4.66. The summed E-state index contributed by atoms with van der Waals surface area (Å²) in [5.41, 5.74) is 1.14. The van der Waals surface area contributed by atoms with Gasteiger partial charge in [-0.05, 0) is 22.0 Å². The summed E-state index contributed by atoms with van der Waals surface area (Å²) in [6, 6.07) is 1.73. The first kappa shape index (κ1) is 8.71. The Bertz CT molecular complexity index is 430. The van der Waals surface area contributed by atoms with Crippen LogP contribution in [0.1, 0.15) is 10.5 Å². The van der Waals surface area contributed by atoms with Gasteiger partial charge in [0.15, 0.2) is 3.92 Å². The summed E-state index contributed by atoms with van der Waals surface area (Å²) >= 11 is 4.72. The molecule has 0 spiro atoms. The van der Waals surface area contributed by atoms with Crippen LogP contribution in [0.2, 0.25) is 0 Å². The van der Waals surface area contributed by atoms with Crippen LogP contribution >= 0.6 is 27.3 Å². The lowest BCUT2D eigenvalue weighted by Crippen LogP contribution is -2.00. The predicted octanol–water partition coefficient (Wildman–Crippen LogP) is 2.17. The minimum Gasteiger partial charge on any atom is -0.464 e. The summed E-state index contributed by atoms with van der Waals surface area (Å²) < 4.78 is 6.29. The average molecular weight is 261 g/mol. The van der Waals surface area contributed by atoms with Gasteiger partial charge in [-0.15, -0.1) is 11.3 Å². The van der Waals surface area contributed by atoms with Crippen molar-refractivity contribution in [1.29, 1.82) is 0 Å². The van der Waals surface area contributed by atoms with Crippen molar-refractivity contribution >= 4 is 43.6 Å². The number of thiazole rings is 1. The van der Waals surface area contributed by atoms with Crippen LogP contribution < -0.4 is 0 Å². The molecule has 0 amide bonds. The molecular weight excluding hydrogens is 256 g/mol. The molecule has 0 atom stereocenters. The third kappa shape index (κ3) is 1.47. The number of fused-ring (bicyclic) bond motifs is 1. The molecular formula is C7H5BrN2O2S. The number of halogens is 1. The maximum Gasteiger partial charge on any atom is 0.354 e. The Hall–Kier alpha value is -0.880. The monoisotopic (exact) mass is 260 g/mol. The van der Waals surface area contributed by atoms with Crippen LogP contribution in [-0.2, 0) is 4.74 Å². The predicted molar refractivity (Wildman–Crippen MR) is 53.0 cm³/mol. The van der Waals surface area contributed by atoms with Crippen LogP contribution in [-0.4, -0.2) is 23.0 Å². The number of carbonyl (C=O) groups excluding carboxylic acids is 1. The molecule has 2 aromatic heterocycles. The minimum atomic E-state index is -0.374. The number of carbonyl (C=O) groups is 1. The number of aromatic nitrogens is 2. The second-order valence-electron chi connectivity index (χ2n) is 2.35. The van der Waals surface area contributed by atoms with Gasteiger partial charge in [-0.2, -0.15) is 0 Å². The van der Waals surface area contributed by atoms with Gasteiger partial charge < -0.3 is 9.72 Å². The van der Waals surface area contributed by atoms with E-state index in [-0.39, 0.29) is 5.97 Å². The van der Waals surface area contributed by atoms with Gasteiger partial charge in [-0.25, -0.2) is 9.78 Å². The number of H-pyrrole nitrogens is 1. The van der Waals surface area contributed by atoms with Gasteiger partial charge in [0, 0.05) is 0 Å². The van der Waals surface area contributed by atoms with Crippen LogP contribution in [0.15, 0.2) is 9.98 Å². The molecule has 0 aliphatic carbocycles. The van der Waals surface area contributed by atoms with E-state index in [0.29, 0.717) is 11.3 Å². The molecule has 0 unspecified atom stereocenters. The van der Waals surface area contributed by atoms with E-state index in [4.69, 9.17) is 0 Å². The van der Waals surface area contributed by atoms with Gasteiger partial charge in [-0.1, -0.05) is 0 Å².